The fourth-order valence-corrected chi connectivity index (χ4v) is 6.93. The van der Waals surface area contributed by atoms with Gasteiger partial charge in [-0.1, -0.05) is 54.1 Å². The Morgan fingerprint density at radius 1 is 1.13 bits per heavy atom. The Balaban J connectivity index is 1.60. The van der Waals surface area contributed by atoms with Crippen molar-refractivity contribution < 1.29 is 22.2 Å². The molecule has 0 saturated heterocycles. The molecule has 4 aromatic rings. The molecule has 1 aliphatic carbocycles. The molecule has 1 aromatic heterocycles. The largest absolute Gasteiger partial charge is 0.346 e. The number of amides is 1. The molecule has 1 N–H and O–H groups in total. The van der Waals surface area contributed by atoms with Crippen LogP contribution in [0.25, 0.3) is 10.9 Å². The predicted molar refractivity (Wildman–Crippen MR) is 146 cm³/mol. The van der Waals surface area contributed by atoms with Gasteiger partial charge in [-0.2, -0.15) is 8.78 Å². The summed E-state index contributed by atoms with van der Waals surface area (Å²) in [5.41, 5.74) is 0.954. The number of hydrogen-bond donors (Lipinski definition) is 1. The van der Waals surface area contributed by atoms with Gasteiger partial charge in [0.2, 0.25) is 0 Å². The van der Waals surface area contributed by atoms with E-state index in [1.54, 1.807) is 43.3 Å². The van der Waals surface area contributed by atoms with Crippen LogP contribution in [-0.2, 0) is 15.7 Å². The van der Waals surface area contributed by atoms with E-state index < -0.39 is 39.5 Å². The molecule has 1 saturated carbocycles. The Morgan fingerprint density at radius 2 is 1.87 bits per heavy atom. The van der Waals surface area contributed by atoms with Crippen molar-refractivity contribution in [3.8, 4) is 0 Å². The first-order valence-electron chi connectivity index (χ1n) is 12.3. The van der Waals surface area contributed by atoms with Crippen LogP contribution in [0.1, 0.15) is 45.8 Å². The van der Waals surface area contributed by atoms with Crippen molar-refractivity contribution in [2.24, 2.45) is 4.36 Å². The highest BCUT2D eigenvalue weighted by Crippen LogP contribution is 2.43. The van der Waals surface area contributed by atoms with Gasteiger partial charge in [0.05, 0.1) is 32.4 Å². The smallest absolute Gasteiger partial charge is 0.291 e. The van der Waals surface area contributed by atoms with Crippen LogP contribution in [0.2, 0.25) is 5.02 Å². The van der Waals surface area contributed by atoms with Crippen molar-refractivity contribution in [1.82, 2.24) is 10.3 Å². The van der Waals surface area contributed by atoms with Gasteiger partial charge >= 0.3 is 0 Å². The standard InChI is InChI=1S/C29H25ClF3N3O2S/c1-17-10-13-21(22(30)14-17)29(32,33)16-36-28(37)26-20-6-3-4-8-23(20)35-15-25(26)39(38,34-2)24-9-5-7-19(27(24)31)18-11-12-18/h3-10,13-15,18H,11-12,16H2,1-2H3,(H,36,37). The maximum atomic E-state index is 15.7. The second-order valence-corrected chi connectivity index (χ2v) is 12.2. The SMILES string of the molecule is CN=S(=O)(c1cccc(C2CC2)c1F)c1cnc2ccccc2c1C(=O)NCC(F)(F)c1ccc(C)cc1Cl. The highest BCUT2D eigenvalue weighted by Gasteiger charge is 2.36. The third kappa shape index (κ3) is 5.01. The number of nitrogens with one attached hydrogen (secondary N) is 1. The van der Waals surface area contributed by atoms with E-state index in [2.05, 4.69) is 14.7 Å². The average Bonchev–Trinajstić information content (AvgIpc) is 3.76. The summed E-state index contributed by atoms with van der Waals surface area (Å²) in [6.45, 7) is 0.659. The molecule has 3 aromatic carbocycles. The lowest BCUT2D eigenvalue weighted by atomic mass is 10.1. The van der Waals surface area contributed by atoms with Crippen molar-refractivity contribution in [3.05, 3.63) is 100.0 Å². The Kier molecular flexibility index (Phi) is 7.15. The van der Waals surface area contributed by atoms with E-state index in [1.807, 2.05) is 0 Å². The highest BCUT2D eigenvalue weighted by atomic mass is 35.5. The van der Waals surface area contributed by atoms with E-state index >= 15 is 13.2 Å². The van der Waals surface area contributed by atoms with E-state index in [4.69, 9.17) is 11.6 Å². The quantitative estimate of drug-likeness (QED) is 0.254. The summed E-state index contributed by atoms with van der Waals surface area (Å²) in [6.07, 6.45) is 2.87. The van der Waals surface area contributed by atoms with Gasteiger partial charge in [0.15, 0.2) is 0 Å². The molecule has 5 rings (SSSR count). The number of halogens is 4. The maximum Gasteiger partial charge on any atom is 0.291 e. The molecular formula is C29H25ClF3N3O2S. The van der Waals surface area contributed by atoms with E-state index in [0.717, 1.165) is 12.8 Å². The van der Waals surface area contributed by atoms with Gasteiger partial charge < -0.3 is 5.32 Å². The van der Waals surface area contributed by atoms with Crippen LogP contribution in [-0.4, -0.2) is 28.7 Å². The number of carbonyl (C=O) groups excluding carboxylic acids is 1. The molecule has 1 unspecified atom stereocenters. The molecule has 1 heterocycles. The molecule has 0 spiro atoms. The Hall–Kier alpha value is -3.43. The summed E-state index contributed by atoms with van der Waals surface area (Å²) in [5, 5.41) is 2.43. The van der Waals surface area contributed by atoms with Crippen LogP contribution in [0.3, 0.4) is 0 Å². The predicted octanol–water partition coefficient (Wildman–Crippen LogP) is 7.25. The van der Waals surface area contributed by atoms with Gasteiger partial charge in [-0.25, -0.2) is 13.0 Å². The average molecular weight is 572 g/mol. The number of aromatic nitrogens is 1. The summed E-state index contributed by atoms with van der Waals surface area (Å²) < 4.78 is 64.5. The van der Waals surface area contributed by atoms with Crippen LogP contribution in [0.4, 0.5) is 13.2 Å². The summed E-state index contributed by atoms with van der Waals surface area (Å²) in [5.74, 6) is -5.01. The van der Waals surface area contributed by atoms with E-state index in [9.17, 15) is 9.00 Å². The highest BCUT2D eigenvalue weighted by molar-refractivity contribution is 7.93. The second-order valence-electron chi connectivity index (χ2n) is 9.53. The van der Waals surface area contributed by atoms with E-state index in [1.165, 1.54) is 37.5 Å². The molecule has 0 aliphatic heterocycles. The van der Waals surface area contributed by atoms with Gasteiger partial charge in [-0.05, 0) is 55.0 Å². The summed E-state index contributed by atoms with van der Waals surface area (Å²) in [6, 6.07) is 15.3. The molecule has 1 fully saturated rings. The first-order chi connectivity index (χ1) is 18.6. The minimum atomic E-state index is -3.71. The van der Waals surface area contributed by atoms with Crippen molar-refractivity contribution in [2.45, 2.75) is 41.4 Å². The van der Waals surface area contributed by atoms with Gasteiger partial charge in [-0.15, -0.1) is 0 Å². The Morgan fingerprint density at radius 3 is 2.56 bits per heavy atom. The zero-order valence-corrected chi connectivity index (χ0v) is 22.8. The lowest BCUT2D eigenvalue weighted by Crippen LogP contribution is -2.36. The fraction of sp³-hybridized carbons (Fsp3) is 0.241. The van der Waals surface area contributed by atoms with Crippen molar-refractivity contribution in [2.75, 3.05) is 13.6 Å². The molecule has 5 nitrogen and oxygen atoms in total. The first-order valence-corrected chi connectivity index (χ1v) is 14.2. The lowest BCUT2D eigenvalue weighted by molar-refractivity contribution is -0.00238. The molecule has 1 amide bonds. The molecular weight excluding hydrogens is 547 g/mol. The summed E-state index contributed by atoms with van der Waals surface area (Å²) in [4.78, 5) is 17.6. The maximum absolute atomic E-state index is 15.7. The van der Waals surface area contributed by atoms with Crippen molar-refractivity contribution >= 4 is 38.1 Å². The number of alkyl halides is 2. The van der Waals surface area contributed by atoms with Crippen LogP contribution >= 0.6 is 11.6 Å². The molecule has 202 valence electrons. The molecule has 0 bridgehead atoms. The first kappa shape index (κ1) is 27.1. The van der Waals surface area contributed by atoms with Gasteiger partial charge in [0.25, 0.3) is 11.8 Å². The van der Waals surface area contributed by atoms with Crippen LogP contribution < -0.4 is 5.32 Å². The van der Waals surface area contributed by atoms with Crippen molar-refractivity contribution in [1.29, 1.82) is 0 Å². The number of rotatable bonds is 7. The third-order valence-electron chi connectivity index (χ3n) is 6.82. The topological polar surface area (TPSA) is 71.4 Å². The molecule has 1 atom stereocenters. The van der Waals surface area contributed by atoms with E-state index in [-0.39, 0.29) is 31.7 Å². The van der Waals surface area contributed by atoms with Gasteiger partial charge in [0, 0.05) is 24.2 Å². The lowest BCUT2D eigenvalue weighted by Gasteiger charge is -2.21. The summed E-state index contributed by atoms with van der Waals surface area (Å²) in [7, 11) is -2.44. The molecule has 0 radical (unpaired) electrons. The Bertz CT molecular complexity index is 1730. The molecule has 39 heavy (non-hydrogen) atoms. The number of nitrogens with zero attached hydrogens (tertiary/aromatic N) is 2. The molecule has 10 heteroatoms. The number of carbonyl (C=O) groups is 1. The normalized spacial score (nSPS) is 15.1. The Labute approximate surface area is 229 Å². The van der Waals surface area contributed by atoms with Crippen molar-refractivity contribution in [3.63, 3.8) is 0 Å². The fourth-order valence-electron chi connectivity index (χ4n) is 4.62. The number of benzene rings is 3. The second kappa shape index (κ2) is 10.3. The minimum Gasteiger partial charge on any atom is -0.346 e. The van der Waals surface area contributed by atoms with E-state index in [0.29, 0.717) is 16.6 Å². The van der Waals surface area contributed by atoms with Crippen LogP contribution in [0.15, 0.2) is 81.0 Å². The third-order valence-corrected chi connectivity index (χ3v) is 9.47. The summed E-state index contributed by atoms with van der Waals surface area (Å²) >= 11 is 6.06. The van der Waals surface area contributed by atoms with Gasteiger partial charge in [0.1, 0.15) is 15.5 Å². The number of hydrogen-bond acceptors (Lipinski definition) is 4. The van der Waals surface area contributed by atoms with Crippen LogP contribution in [0.5, 0.6) is 0 Å². The number of para-hydroxylation sites is 1. The minimum absolute atomic E-state index is 0.0405. The molecule has 1 aliphatic rings. The van der Waals surface area contributed by atoms with Gasteiger partial charge in [-0.3, -0.25) is 9.78 Å². The number of fused-ring (bicyclic) bond motifs is 1. The van der Waals surface area contributed by atoms with Crippen LogP contribution in [0, 0.1) is 12.7 Å². The zero-order valence-electron chi connectivity index (χ0n) is 21.2. The monoisotopic (exact) mass is 571 g/mol. The number of pyridine rings is 1. The zero-order chi connectivity index (χ0) is 27.9. The number of aryl methyl sites for hydroxylation is 1.